The summed E-state index contributed by atoms with van der Waals surface area (Å²) in [6.07, 6.45) is 3.89. The molecule has 1 saturated heterocycles. The highest BCUT2D eigenvalue weighted by Crippen LogP contribution is 2.23. The monoisotopic (exact) mass is 396 g/mol. The summed E-state index contributed by atoms with van der Waals surface area (Å²) < 4.78 is 23.4. The van der Waals surface area contributed by atoms with E-state index in [4.69, 9.17) is 0 Å². The van der Waals surface area contributed by atoms with Crippen LogP contribution in [0.3, 0.4) is 0 Å². The Morgan fingerprint density at radius 3 is 2.68 bits per heavy atom. The van der Waals surface area contributed by atoms with Gasteiger partial charge in [-0.1, -0.05) is 18.2 Å². The number of anilines is 2. The number of para-hydroxylation sites is 1. The number of hydrogen-bond acceptors (Lipinski definition) is 6. The van der Waals surface area contributed by atoms with E-state index in [1.807, 2.05) is 36.2 Å². The molecular formula is C20H20N4O3S. The summed E-state index contributed by atoms with van der Waals surface area (Å²) in [4.78, 5) is 23.1. The van der Waals surface area contributed by atoms with Gasteiger partial charge in [-0.05, 0) is 30.7 Å². The highest BCUT2D eigenvalue weighted by molar-refractivity contribution is 7.91. The zero-order valence-corrected chi connectivity index (χ0v) is 16.2. The third-order valence-corrected chi connectivity index (χ3v) is 6.78. The van der Waals surface area contributed by atoms with Gasteiger partial charge in [0.25, 0.3) is 5.91 Å². The van der Waals surface area contributed by atoms with Gasteiger partial charge in [0, 0.05) is 24.7 Å². The number of carbonyl (C=O) groups excluding carboxylic acids is 1. The highest BCUT2D eigenvalue weighted by Gasteiger charge is 2.31. The molecule has 3 aromatic rings. The van der Waals surface area contributed by atoms with E-state index in [2.05, 4.69) is 15.3 Å². The molecule has 0 bridgehead atoms. The van der Waals surface area contributed by atoms with E-state index in [9.17, 15) is 13.2 Å². The molecule has 1 fully saturated rings. The minimum absolute atomic E-state index is 0.0618. The number of nitrogens with zero attached hydrogens (tertiary/aromatic N) is 3. The molecule has 0 spiro atoms. The van der Waals surface area contributed by atoms with Crippen molar-refractivity contribution in [1.29, 1.82) is 0 Å². The van der Waals surface area contributed by atoms with Crippen molar-refractivity contribution in [3.8, 4) is 0 Å². The first kappa shape index (κ1) is 18.4. The molecule has 0 aliphatic carbocycles. The maximum Gasteiger partial charge on any atom is 0.274 e. The Balaban J connectivity index is 1.50. The Bertz CT molecular complexity index is 1120. The van der Waals surface area contributed by atoms with Gasteiger partial charge in [-0.15, -0.1) is 0 Å². The minimum atomic E-state index is -2.95. The quantitative estimate of drug-likeness (QED) is 0.728. The van der Waals surface area contributed by atoms with Gasteiger partial charge in [0.05, 0.1) is 34.6 Å². The summed E-state index contributed by atoms with van der Waals surface area (Å²) >= 11 is 0. The third kappa shape index (κ3) is 3.68. The molecule has 0 radical (unpaired) electrons. The van der Waals surface area contributed by atoms with E-state index < -0.39 is 9.84 Å². The average Bonchev–Trinajstić information content (AvgIpc) is 3.07. The summed E-state index contributed by atoms with van der Waals surface area (Å²) in [7, 11) is -1.10. The first-order chi connectivity index (χ1) is 13.4. The van der Waals surface area contributed by atoms with Crippen LogP contribution in [0.25, 0.3) is 10.9 Å². The molecule has 1 aliphatic rings. The summed E-state index contributed by atoms with van der Waals surface area (Å²) in [5, 5.41) is 3.80. The van der Waals surface area contributed by atoms with Crippen molar-refractivity contribution in [2.75, 3.05) is 28.8 Å². The van der Waals surface area contributed by atoms with Crippen LogP contribution in [0.4, 0.5) is 11.4 Å². The first-order valence-electron chi connectivity index (χ1n) is 8.97. The Labute approximate surface area is 163 Å². The Hall–Kier alpha value is -3.00. The molecule has 8 heteroatoms. The van der Waals surface area contributed by atoms with E-state index in [-0.39, 0.29) is 29.1 Å². The number of aromatic nitrogens is 2. The van der Waals surface area contributed by atoms with Gasteiger partial charge in [0.15, 0.2) is 9.84 Å². The molecular weight excluding hydrogens is 376 g/mol. The lowest BCUT2D eigenvalue weighted by Gasteiger charge is -2.25. The first-order valence-corrected chi connectivity index (χ1v) is 10.8. The maximum absolute atomic E-state index is 12.6. The summed E-state index contributed by atoms with van der Waals surface area (Å²) in [6, 6.07) is 12.7. The topological polar surface area (TPSA) is 92.3 Å². The molecule has 3 heterocycles. The van der Waals surface area contributed by atoms with Crippen LogP contribution in [-0.2, 0) is 9.84 Å². The Morgan fingerprint density at radius 1 is 1.14 bits per heavy atom. The van der Waals surface area contributed by atoms with Gasteiger partial charge in [-0.2, -0.15) is 0 Å². The van der Waals surface area contributed by atoms with Crippen LogP contribution in [0, 0.1) is 0 Å². The smallest absolute Gasteiger partial charge is 0.274 e. The molecule has 4 rings (SSSR count). The second-order valence-electron chi connectivity index (χ2n) is 6.90. The Morgan fingerprint density at radius 2 is 1.96 bits per heavy atom. The predicted octanol–water partition coefficient (Wildman–Crippen LogP) is 2.51. The lowest BCUT2D eigenvalue weighted by atomic mass is 10.2. The Kier molecular flexibility index (Phi) is 4.72. The number of pyridine rings is 2. The fraction of sp³-hybridized carbons (Fsp3) is 0.250. The van der Waals surface area contributed by atoms with Gasteiger partial charge in [-0.3, -0.25) is 9.78 Å². The van der Waals surface area contributed by atoms with E-state index >= 15 is 0 Å². The number of rotatable bonds is 4. The predicted molar refractivity (Wildman–Crippen MR) is 109 cm³/mol. The van der Waals surface area contributed by atoms with Crippen LogP contribution < -0.4 is 10.2 Å². The van der Waals surface area contributed by atoms with Gasteiger partial charge in [-0.25, -0.2) is 13.4 Å². The summed E-state index contributed by atoms with van der Waals surface area (Å²) in [5.41, 5.74) is 2.41. The number of fused-ring (bicyclic) bond motifs is 1. The van der Waals surface area contributed by atoms with Crippen molar-refractivity contribution in [1.82, 2.24) is 9.97 Å². The van der Waals surface area contributed by atoms with Crippen molar-refractivity contribution >= 4 is 38.0 Å². The van der Waals surface area contributed by atoms with Crippen molar-refractivity contribution < 1.29 is 13.2 Å². The molecule has 2 aromatic heterocycles. The van der Waals surface area contributed by atoms with Crippen LogP contribution in [0.15, 0.2) is 54.9 Å². The third-order valence-electron chi connectivity index (χ3n) is 5.02. The standard InChI is InChI=1S/C20H20N4O3S/c1-24(16-9-11-28(26,27)13-16)15-7-8-18(22-12-15)20(25)23-17-6-2-4-14-5-3-10-21-19(14)17/h2-8,10,12,16H,9,11,13H2,1H3,(H,23,25). The molecule has 28 heavy (non-hydrogen) atoms. The number of sulfone groups is 1. The zero-order chi connectivity index (χ0) is 19.7. The molecule has 1 aromatic carbocycles. The van der Waals surface area contributed by atoms with E-state index in [1.165, 1.54) is 0 Å². The normalized spacial score (nSPS) is 18.1. The largest absolute Gasteiger partial charge is 0.369 e. The molecule has 1 amide bonds. The fourth-order valence-corrected chi connectivity index (χ4v) is 5.19. The SMILES string of the molecule is CN(c1ccc(C(=O)Nc2cccc3cccnc23)nc1)C1CCS(=O)(=O)C1. The molecule has 1 unspecified atom stereocenters. The number of carbonyl (C=O) groups is 1. The van der Waals surface area contributed by atoms with Gasteiger partial charge >= 0.3 is 0 Å². The molecule has 144 valence electrons. The maximum atomic E-state index is 12.6. The zero-order valence-electron chi connectivity index (χ0n) is 15.4. The van der Waals surface area contributed by atoms with Crippen LogP contribution in [0.2, 0.25) is 0 Å². The van der Waals surface area contributed by atoms with Crippen LogP contribution in [0.1, 0.15) is 16.9 Å². The number of nitrogens with one attached hydrogen (secondary N) is 1. The number of amides is 1. The van der Waals surface area contributed by atoms with Crippen LogP contribution in [0.5, 0.6) is 0 Å². The molecule has 7 nitrogen and oxygen atoms in total. The van der Waals surface area contributed by atoms with Gasteiger partial charge in [0.1, 0.15) is 5.69 Å². The second-order valence-corrected chi connectivity index (χ2v) is 9.13. The molecule has 1 aliphatic heterocycles. The van der Waals surface area contributed by atoms with Gasteiger partial charge in [0.2, 0.25) is 0 Å². The second kappa shape index (κ2) is 7.20. The number of benzene rings is 1. The van der Waals surface area contributed by atoms with Crippen molar-refractivity contribution in [3.63, 3.8) is 0 Å². The highest BCUT2D eigenvalue weighted by atomic mass is 32.2. The van der Waals surface area contributed by atoms with Gasteiger partial charge < -0.3 is 10.2 Å². The van der Waals surface area contributed by atoms with Crippen LogP contribution in [-0.4, -0.2) is 48.9 Å². The van der Waals surface area contributed by atoms with Crippen molar-refractivity contribution in [2.24, 2.45) is 0 Å². The van der Waals surface area contributed by atoms with E-state index in [0.717, 1.165) is 16.6 Å². The van der Waals surface area contributed by atoms with Crippen molar-refractivity contribution in [3.05, 3.63) is 60.6 Å². The van der Waals surface area contributed by atoms with E-state index in [1.54, 1.807) is 30.6 Å². The average molecular weight is 396 g/mol. The molecule has 1 atom stereocenters. The lowest BCUT2D eigenvalue weighted by Crippen LogP contribution is -2.32. The lowest BCUT2D eigenvalue weighted by molar-refractivity contribution is 0.102. The molecule has 1 N–H and O–H groups in total. The van der Waals surface area contributed by atoms with Crippen molar-refractivity contribution in [2.45, 2.75) is 12.5 Å². The molecule has 0 saturated carbocycles. The van der Waals surface area contributed by atoms with E-state index in [0.29, 0.717) is 12.1 Å². The summed E-state index contributed by atoms with van der Waals surface area (Å²) in [6.45, 7) is 0. The fourth-order valence-electron chi connectivity index (χ4n) is 3.41. The summed E-state index contributed by atoms with van der Waals surface area (Å²) in [5.74, 6) is 0.0465. The number of hydrogen-bond donors (Lipinski definition) is 1. The minimum Gasteiger partial charge on any atom is -0.369 e. The van der Waals surface area contributed by atoms with Crippen LogP contribution >= 0.6 is 0 Å².